The Morgan fingerprint density at radius 2 is 0.808 bits per heavy atom. The maximum atomic E-state index is 13.3. The second kappa shape index (κ2) is 18.8. The Morgan fingerprint density at radius 1 is 0.346 bits per heavy atom. The van der Waals surface area contributed by atoms with Crippen molar-refractivity contribution in [3.05, 3.63) is 256 Å². The van der Waals surface area contributed by atoms with Gasteiger partial charge in [-0.25, -0.2) is 9.59 Å². The van der Waals surface area contributed by atoms with Gasteiger partial charge in [0.05, 0.1) is 27.5 Å². The van der Waals surface area contributed by atoms with Gasteiger partial charge in [-0.05, 0) is 105 Å². The maximum Gasteiger partial charge on any atom is 0.345 e. The van der Waals surface area contributed by atoms with Gasteiger partial charge in [0.2, 0.25) is 5.79 Å². The fourth-order valence-electron chi connectivity index (χ4n) is 10.0. The van der Waals surface area contributed by atoms with E-state index in [4.69, 9.17) is 21.7 Å². The van der Waals surface area contributed by atoms with Crippen molar-refractivity contribution in [2.24, 2.45) is 0 Å². The van der Waals surface area contributed by atoms with Gasteiger partial charge in [0.15, 0.2) is 0 Å². The largest absolute Gasteiger partial charge is 0.422 e. The average molecular weight is 1030 g/mol. The molecule has 0 fully saturated rings. The van der Waals surface area contributed by atoms with Crippen LogP contribution in [0, 0.1) is 0 Å². The van der Waals surface area contributed by atoms with E-state index < -0.39 is 56.4 Å². The molecule has 0 bridgehead atoms. The fraction of sp³-hybridized carbons (Fsp3) is 0.0635. The van der Waals surface area contributed by atoms with E-state index in [1.165, 1.54) is 12.1 Å². The molecule has 15 heteroatoms. The molecule has 378 valence electrons. The first-order chi connectivity index (χ1) is 37.5. The maximum absolute atomic E-state index is 13.3. The predicted octanol–water partition coefficient (Wildman–Crippen LogP) is 8.85. The Morgan fingerprint density at radius 3 is 1.41 bits per heavy atom. The van der Waals surface area contributed by atoms with Gasteiger partial charge in [-0.2, -0.15) is 0 Å². The molecule has 5 heterocycles. The summed E-state index contributed by atoms with van der Waals surface area (Å²) in [5.41, 5.74) is -0.491. The summed E-state index contributed by atoms with van der Waals surface area (Å²) >= 11 is 0. The number of hydrogen-bond acceptors (Lipinski definition) is 14. The summed E-state index contributed by atoms with van der Waals surface area (Å²) in [5.74, 6) is -11.2. The minimum Gasteiger partial charge on any atom is -0.422 e. The second-order valence-corrected chi connectivity index (χ2v) is 19.1. The molecule has 2 radical (unpaired) electrons. The van der Waals surface area contributed by atoms with Gasteiger partial charge in [-0.1, -0.05) is 133 Å². The lowest BCUT2D eigenvalue weighted by Crippen LogP contribution is -2.51. The minimum absolute atomic E-state index is 0.00895. The van der Waals surface area contributed by atoms with E-state index in [1.807, 2.05) is 91.0 Å². The number of hydrogen-bond donors (Lipinski definition) is 7. The molecular weight excluding hydrogens is 986 g/mol. The molecule has 7 aromatic carbocycles. The molecule has 14 nitrogen and oxygen atoms in total. The molecule has 0 amide bonds. The highest BCUT2D eigenvalue weighted by Crippen LogP contribution is 2.46. The van der Waals surface area contributed by atoms with E-state index in [9.17, 15) is 45.3 Å². The van der Waals surface area contributed by atoms with Crippen molar-refractivity contribution in [2.45, 2.75) is 22.9 Å². The van der Waals surface area contributed by atoms with Crippen LogP contribution in [0.3, 0.4) is 0 Å². The normalized spacial score (nSPS) is 13.1. The molecule has 0 spiro atoms. The quantitative estimate of drug-likeness (QED) is 0.0277. The molecule has 0 saturated heterocycles. The molecule has 1 atom stereocenters. The average Bonchev–Trinajstić information content (AvgIpc) is 3.67. The molecule has 12 rings (SSSR count). The van der Waals surface area contributed by atoms with E-state index in [1.54, 1.807) is 79.0 Å². The number of aromatic nitrogens is 3. The SMILES string of the molecule is [B]C(O)(c1cnc2c(c1)c(=O)oc1ccccc12)C(O)(O)c1cc(-c2ccccc2-c2cnc(-c3ccccc3)cc2-c2ccc(-c3ccccc3)cc2)cc(C(O)(O)C(O)(O)c2cnc3c(c2)c(=O)oc2ccccc23)c1. The van der Waals surface area contributed by atoms with Gasteiger partial charge in [-0.15, -0.1) is 0 Å². The molecule has 0 aliphatic carbocycles. The molecular formula is C63H42BN3O11. The summed E-state index contributed by atoms with van der Waals surface area (Å²) in [4.78, 5) is 40.3. The van der Waals surface area contributed by atoms with Gasteiger partial charge in [-0.3, -0.25) is 15.0 Å². The standard InChI is InChI=1S/C63H42BN3O11/c64-60(70,43-30-50-56(66-33-43)47-19-9-11-21-54(47)77-58(50)68)61(71,72)41-27-40(28-42(29-41)62(73,74)63(75,76)44-31-51-57(67-34-44)48-20-10-12-22-55(48)78-59(51)69)45-17-7-8-18-46(45)52-35-65-53(39-15-5-2-6-16-39)32-49(52)38-25-23-37(24-26-38)36-13-3-1-4-14-36/h1-35,70-76H. The number of fused-ring (bicyclic) bond motifs is 6. The first-order valence-electron chi connectivity index (χ1n) is 24.5. The zero-order chi connectivity index (χ0) is 54.1. The van der Waals surface area contributed by atoms with Gasteiger partial charge < -0.3 is 44.6 Å². The van der Waals surface area contributed by atoms with Crippen LogP contribution in [-0.2, 0) is 22.9 Å². The lowest BCUT2D eigenvalue weighted by Gasteiger charge is -2.40. The number of nitrogens with zero attached hydrogens (tertiary/aromatic N) is 3. The third-order valence-electron chi connectivity index (χ3n) is 14.3. The summed E-state index contributed by atoms with van der Waals surface area (Å²) in [7, 11) is 6.55. The Hall–Kier alpha value is -9.29. The fourth-order valence-corrected chi connectivity index (χ4v) is 10.0. The van der Waals surface area contributed by atoms with Crippen molar-refractivity contribution >= 4 is 51.6 Å². The van der Waals surface area contributed by atoms with Crippen LogP contribution in [-0.4, -0.2) is 58.5 Å². The second-order valence-electron chi connectivity index (χ2n) is 19.1. The van der Waals surface area contributed by atoms with Gasteiger partial charge >= 0.3 is 11.3 Å². The van der Waals surface area contributed by atoms with Crippen LogP contribution in [0.5, 0.6) is 0 Å². The molecule has 5 aromatic heterocycles. The van der Waals surface area contributed by atoms with Crippen LogP contribution in [0.2, 0.25) is 0 Å². The van der Waals surface area contributed by atoms with E-state index in [-0.39, 0.29) is 38.5 Å². The summed E-state index contributed by atoms with van der Waals surface area (Å²) in [5, 5.41) is 86.3. The first kappa shape index (κ1) is 49.6. The molecule has 0 aliphatic heterocycles. The highest BCUT2D eigenvalue weighted by atomic mass is 16.6. The van der Waals surface area contributed by atoms with Crippen molar-refractivity contribution in [3.63, 3.8) is 0 Å². The Kier molecular flexibility index (Phi) is 11.9. The number of rotatable bonds is 11. The van der Waals surface area contributed by atoms with Gasteiger partial charge in [0.1, 0.15) is 24.5 Å². The summed E-state index contributed by atoms with van der Waals surface area (Å²) < 4.78 is 11.0. The monoisotopic (exact) mass is 1030 g/mol. The van der Waals surface area contributed by atoms with Gasteiger partial charge in [0.25, 0.3) is 11.6 Å². The zero-order valence-corrected chi connectivity index (χ0v) is 40.9. The predicted molar refractivity (Wildman–Crippen MR) is 295 cm³/mol. The summed E-state index contributed by atoms with van der Waals surface area (Å²) in [6.07, 6.45) is 3.70. The highest BCUT2D eigenvalue weighted by Gasteiger charge is 2.53. The summed E-state index contributed by atoms with van der Waals surface area (Å²) in [6, 6.07) is 54.8. The van der Waals surface area contributed by atoms with Gasteiger partial charge in [0, 0.05) is 57.2 Å². The van der Waals surface area contributed by atoms with Crippen LogP contribution in [0.4, 0.5) is 0 Å². The number of pyridine rings is 3. The third-order valence-corrected chi connectivity index (χ3v) is 14.3. The molecule has 78 heavy (non-hydrogen) atoms. The summed E-state index contributed by atoms with van der Waals surface area (Å²) in [6.45, 7) is 0. The first-order valence-corrected chi connectivity index (χ1v) is 24.5. The Bertz CT molecular complexity index is 4270. The van der Waals surface area contributed by atoms with Crippen molar-refractivity contribution < 1.29 is 44.6 Å². The smallest absolute Gasteiger partial charge is 0.345 e. The molecule has 12 aromatic rings. The Labute approximate surface area is 443 Å². The topological polar surface area (TPSA) is 241 Å². The van der Waals surface area contributed by atoms with Crippen molar-refractivity contribution in [1.82, 2.24) is 15.0 Å². The molecule has 0 saturated carbocycles. The zero-order valence-electron chi connectivity index (χ0n) is 40.9. The Balaban J connectivity index is 1.05. The van der Waals surface area contributed by atoms with Crippen molar-refractivity contribution in [2.75, 3.05) is 0 Å². The van der Waals surface area contributed by atoms with Crippen molar-refractivity contribution in [3.8, 4) is 55.8 Å². The number of benzene rings is 7. The van der Waals surface area contributed by atoms with Crippen LogP contribution < -0.4 is 11.3 Å². The van der Waals surface area contributed by atoms with Crippen molar-refractivity contribution in [1.29, 1.82) is 0 Å². The highest BCUT2D eigenvalue weighted by molar-refractivity contribution is 6.16. The number of aliphatic hydroxyl groups is 7. The minimum atomic E-state index is -3.81. The van der Waals surface area contributed by atoms with Crippen LogP contribution in [0.1, 0.15) is 22.3 Å². The third kappa shape index (κ3) is 8.26. The van der Waals surface area contributed by atoms with Crippen LogP contribution in [0.25, 0.3) is 99.5 Å². The molecule has 0 aliphatic rings. The molecule has 1 unspecified atom stereocenters. The van der Waals surface area contributed by atoms with E-state index in [0.717, 1.165) is 58.4 Å². The van der Waals surface area contributed by atoms with Crippen LogP contribution in [0.15, 0.2) is 231 Å². The van der Waals surface area contributed by atoms with E-state index in [0.29, 0.717) is 33.2 Å². The number of para-hydroxylation sites is 2. The lowest BCUT2D eigenvalue weighted by atomic mass is 9.67. The lowest BCUT2D eigenvalue weighted by molar-refractivity contribution is -0.375. The van der Waals surface area contributed by atoms with E-state index >= 15 is 0 Å². The van der Waals surface area contributed by atoms with E-state index in [2.05, 4.69) is 9.97 Å². The molecule has 7 N–H and O–H groups in total. The van der Waals surface area contributed by atoms with Crippen LogP contribution >= 0.6 is 0 Å².